The maximum absolute atomic E-state index is 11.9. The summed E-state index contributed by atoms with van der Waals surface area (Å²) < 4.78 is 22.8. The van der Waals surface area contributed by atoms with Crippen LogP contribution in [0.15, 0.2) is 0 Å². The van der Waals surface area contributed by atoms with Crippen LogP contribution in [0.2, 0.25) is 0 Å². The molecule has 1 amide bonds. The minimum absolute atomic E-state index is 0.0397. The first kappa shape index (κ1) is 14.0. The third-order valence-electron chi connectivity index (χ3n) is 3.02. The fourth-order valence-corrected chi connectivity index (χ4v) is 4.09. The van der Waals surface area contributed by atoms with Crippen molar-refractivity contribution in [3.63, 3.8) is 0 Å². The van der Waals surface area contributed by atoms with E-state index in [-0.39, 0.29) is 23.3 Å². The Labute approximate surface area is 102 Å². The van der Waals surface area contributed by atoms with Gasteiger partial charge in [-0.05, 0) is 19.3 Å². The van der Waals surface area contributed by atoms with Crippen LogP contribution in [0.25, 0.3) is 0 Å². The highest BCUT2D eigenvalue weighted by molar-refractivity contribution is 7.91. The quantitative estimate of drug-likeness (QED) is 0.797. The molecule has 0 saturated carbocycles. The Hall–Kier alpha value is -1.09. The lowest BCUT2D eigenvalue weighted by Crippen LogP contribution is -2.49. The number of hydrogen-bond donors (Lipinski definition) is 1. The van der Waals surface area contributed by atoms with Crippen molar-refractivity contribution >= 4 is 15.7 Å². The van der Waals surface area contributed by atoms with Gasteiger partial charge in [0.25, 0.3) is 0 Å². The summed E-state index contributed by atoms with van der Waals surface area (Å²) in [7, 11) is -3.05. The second kappa shape index (κ2) is 4.65. The second-order valence-corrected chi connectivity index (χ2v) is 7.43. The molecule has 6 heteroatoms. The van der Waals surface area contributed by atoms with Gasteiger partial charge in [-0.15, -0.1) is 0 Å². The zero-order valence-electron chi connectivity index (χ0n) is 10.4. The van der Waals surface area contributed by atoms with Gasteiger partial charge in [0.2, 0.25) is 5.91 Å². The summed E-state index contributed by atoms with van der Waals surface area (Å²) in [6.45, 7) is 5.30. The van der Waals surface area contributed by atoms with Gasteiger partial charge in [0.15, 0.2) is 9.84 Å². The van der Waals surface area contributed by atoms with Crippen molar-refractivity contribution in [1.82, 2.24) is 5.32 Å². The van der Waals surface area contributed by atoms with Gasteiger partial charge < -0.3 is 5.32 Å². The summed E-state index contributed by atoms with van der Waals surface area (Å²) in [5.41, 5.74) is -0.722. The van der Waals surface area contributed by atoms with E-state index < -0.39 is 21.3 Å². The van der Waals surface area contributed by atoms with Crippen LogP contribution in [0, 0.1) is 23.2 Å². The van der Waals surface area contributed by atoms with Crippen LogP contribution in [-0.2, 0) is 14.6 Å². The molecule has 1 aliphatic rings. The van der Waals surface area contributed by atoms with E-state index >= 15 is 0 Å². The standard InChI is InChI=1S/C11H18N2O3S/c1-8(2)9(6-12)10(14)13-11(3)4-5-17(15,16)7-11/h8-9H,4-5,7H2,1-3H3,(H,13,14). The molecule has 0 aromatic carbocycles. The average molecular weight is 258 g/mol. The fourth-order valence-electron chi connectivity index (χ4n) is 1.99. The molecule has 1 fully saturated rings. The van der Waals surface area contributed by atoms with Gasteiger partial charge in [0.1, 0.15) is 5.92 Å². The summed E-state index contributed by atoms with van der Waals surface area (Å²) in [5.74, 6) is -1.12. The average Bonchev–Trinajstić information content (AvgIpc) is 2.40. The van der Waals surface area contributed by atoms with Gasteiger partial charge in [-0.25, -0.2) is 8.42 Å². The van der Waals surface area contributed by atoms with Crippen molar-refractivity contribution in [3.05, 3.63) is 0 Å². The fraction of sp³-hybridized carbons (Fsp3) is 0.818. The van der Waals surface area contributed by atoms with Gasteiger partial charge in [0, 0.05) is 0 Å². The van der Waals surface area contributed by atoms with Crippen molar-refractivity contribution in [1.29, 1.82) is 5.26 Å². The molecule has 2 atom stereocenters. The normalized spacial score (nSPS) is 28.6. The molecule has 1 heterocycles. The largest absolute Gasteiger partial charge is 0.349 e. The van der Waals surface area contributed by atoms with Crippen molar-refractivity contribution in [2.75, 3.05) is 11.5 Å². The third kappa shape index (κ3) is 3.43. The molecule has 1 N–H and O–H groups in total. The molecule has 2 unspecified atom stereocenters. The number of nitrogens with zero attached hydrogens (tertiary/aromatic N) is 1. The molecule has 1 saturated heterocycles. The molecule has 1 rings (SSSR count). The van der Waals surface area contributed by atoms with Crippen molar-refractivity contribution in [2.24, 2.45) is 11.8 Å². The van der Waals surface area contributed by atoms with Crippen LogP contribution in [0.3, 0.4) is 0 Å². The molecule has 96 valence electrons. The van der Waals surface area contributed by atoms with Crippen LogP contribution in [0.1, 0.15) is 27.2 Å². The molecule has 17 heavy (non-hydrogen) atoms. The van der Waals surface area contributed by atoms with Crippen molar-refractivity contribution in [2.45, 2.75) is 32.7 Å². The van der Waals surface area contributed by atoms with Crippen molar-refractivity contribution < 1.29 is 13.2 Å². The summed E-state index contributed by atoms with van der Waals surface area (Å²) >= 11 is 0. The minimum atomic E-state index is -3.05. The Balaban J connectivity index is 2.73. The van der Waals surface area contributed by atoms with E-state index in [4.69, 9.17) is 5.26 Å². The number of hydrogen-bond acceptors (Lipinski definition) is 4. The number of amides is 1. The van der Waals surface area contributed by atoms with Gasteiger partial charge in [-0.3, -0.25) is 4.79 Å². The summed E-state index contributed by atoms with van der Waals surface area (Å²) in [6, 6.07) is 1.95. The van der Waals surface area contributed by atoms with E-state index in [0.717, 1.165) is 0 Å². The highest BCUT2D eigenvalue weighted by atomic mass is 32.2. The first-order valence-electron chi connectivity index (χ1n) is 5.61. The predicted octanol–water partition coefficient (Wildman–Crippen LogP) is 0.476. The number of sulfone groups is 1. The van der Waals surface area contributed by atoms with Crippen LogP contribution in [0.4, 0.5) is 0 Å². The molecule has 0 aromatic heterocycles. The highest BCUT2D eigenvalue weighted by Crippen LogP contribution is 2.24. The molecule has 0 aromatic rings. The molecule has 0 spiro atoms. The molecule has 1 aliphatic heterocycles. The van der Waals surface area contributed by atoms with Gasteiger partial charge >= 0.3 is 0 Å². The van der Waals surface area contributed by atoms with E-state index in [9.17, 15) is 13.2 Å². The van der Waals surface area contributed by atoms with Gasteiger partial charge in [-0.1, -0.05) is 13.8 Å². The van der Waals surface area contributed by atoms with Crippen LogP contribution >= 0.6 is 0 Å². The SMILES string of the molecule is CC(C)C(C#N)C(=O)NC1(C)CCS(=O)(=O)C1. The van der Waals surface area contributed by atoms with Crippen molar-refractivity contribution in [3.8, 4) is 6.07 Å². The monoisotopic (exact) mass is 258 g/mol. The number of carbonyl (C=O) groups excluding carboxylic acids is 1. The van der Waals surface area contributed by atoms with E-state index in [1.54, 1.807) is 20.8 Å². The maximum Gasteiger partial charge on any atom is 0.238 e. The summed E-state index contributed by atoms with van der Waals surface area (Å²) in [5, 5.41) is 11.6. The zero-order chi connectivity index (χ0) is 13.3. The number of nitriles is 1. The molecular formula is C11H18N2O3S. The van der Waals surface area contributed by atoms with E-state index in [1.807, 2.05) is 6.07 Å². The molecule has 5 nitrogen and oxygen atoms in total. The Morgan fingerprint density at radius 2 is 2.06 bits per heavy atom. The molecule has 0 aliphatic carbocycles. The molecule has 0 bridgehead atoms. The first-order valence-corrected chi connectivity index (χ1v) is 7.43. The van der Waals surface area contributed by atoms with E-state index in [2.05, 4.69) is 5.32 Å². The Morgan fingerprint density at radius 1 is 1.47 bits per heavy atom. The van der Waals surface area contributed by atoms with Gasteiger partial charge in [-0.2, -0.15) is 5.26 Å². The number of nitrogens with one attached hydrogen (secondary N) is 1. The molecular weight excluding hydrogens is 240 g/mol. The van der Waals surface area contributed by atoms with Crippen LogP contribution < -0.4 is 5.32 Å². The highest BCUT2D eigenvalue weighted by Gasteiger charge is 2.40. The lowest BCUT2D eigenvalue weighted by molar-refractivity contribution is -0.125. The zero-order valence-corrected chi connectivity index (χ0v) is 11.2. The van der Waals surface area contributed by atoms with Gasteiger partial charge in [0.05, 0.1) is 23.1 Å². The Kier molecular flexibility index (Phi) is 3.82. The van der Waals surface area contributed by atoms with E-state index in [0.29, 0.717) is 6.42 Å². The Bertz CT molecular complexity index is 450. The second-order valence-electron chi connectivity index (χ2n) is 5.24. The lowest BCUT2D eigenvalue weighted by atomic mass is 9.94. The molecule has 0 radical (unpaired) electrons. The third-order valence-corrected chi connectivity index (χ3v) is 4.92. The first-order chi connectivity index (χ1) is 7.69. The Morgan fingerprint density at radius 3 is 2.41 bits per heavy atom. The minimum Gasteiger partial charge on any atom is -0.349 e. The lowest BCUT2D eigenvalue weighted by Gasteiger charge is -2.26. The summed E-state index contributed by atoms with van der Waals surface area (Å²) in [6.07, 6.45) is 0.414. The maximum atomic E-state index is 11.9. The predicted molar refractivity (Wildman–Crippen MR) is 63.8 cm³/mol. The topological polar surface area (TPSA) is 87.0 Å². The number of carbonyl (C=O) groups is 1. The summed E-state index contributed by atoms with van der Waals surface area (Å²) in [4.78, 5) is 11.9. The van der Waals surface area contributed by atoms with Crippen LogP contribution in [0.5, 0.6) is 0 Å². The van der Waals surface area contributed by atoms with E-state index in [1.165, 1.54) is 0 Å². The smallest absolute Gasteiger partial charge is 0.238 e. The number of rotatable bonds is 3. The van der Waals surface area contributed by atoms with Crippen LogP contribution in [-0.4, -0.2) is 31.4 Å².